The van der Waals surface area contributed by atoms with Gasteiger partial charge in [0.1, 0.15) is 5.65 Å². The lowest BCUT2D eigenvalue weighted by atomic mass is 10.2. The van der Waals surface area contributed by atoms with E-state index in [0.717, 1.165) is 22.7 Å². The SMILES string of the molecule is NCc1ccc(SCc2cn3ccccc3n2)cc1. The molecule has 2 N–H and O–H groups in total. The fourth-order valence-corrected chi connectivity index (χ4v) is 2.72. The van der Waals surface area contributed by atoms with Crippen LogP contribution in [0.3, 0.4) is 0 Å². The summed E-state index contributed by atoms with van der Waals surface area (Å²) in [5.41, 5.74) is 8.85. The fourth-order valence-electron chi connectivity index (χ4n) is 1.94. The lowest BCUT2D eigenvalue weighted by molar-refractivity contribution is 1.07. The fraction of sp³-hybridized carbons (Fsp3) is 0.133. The van der Waals surface area contributed by atoms with Gasteiger partial charge in [-0.05, 0) is 29.8 Å². The summed E-state index contributed by atoms with van der Waals surface area (Å²) in [5.74, 6) is 0.879. The molecular weight excluding hydrogens is 254 g/mol. The van der Waals surface area contributed by atoms with Crippen LogP contribution in [0, 0.1) is 0 Å². The predicted octanol–water partition coefficient (Wildman–Crippen LogP) is 3.09. The number of hydrogen-bond acceptors (Lipinski definition) is 3. The van der Waals surface area contributed by atoms with Gasteiger partial charge in [-0.2, -0.15) is 0 Å². The highest BCUT2D eigenvalue weighted by molar-refractivity contribution is 7.98. The van der Waals surface area contributed by atoms with Gasteiger partial charge in [-0.25, -0.2) is 4.98 Å². The van der Waals surface area contributed by atoms with Crippen LogP contribution in [0.5, 0.6) is 0 Å². The van der Waals surface area contributed by atoms with Crippen molar-refractivity contribution in [2.45, 2.75) is 17.2 Å². The number of thioether (sulfide) groups is 1. The lowest BCUT2D eigenvalue weighted by Crippen LogP contribution is -1.94. The van der Waals surface area contributed by atoms with Gasteiger partial charge in [0.2, 0.25) is 0 Å². The Kier molecular flexibility index (Phi) is 3.53. The third-order valence-corrected chi connectivity index (χ3v) is 4.01. The number of benzene rings is 1. The van der Waals surface area contributed by atoms with Crippen LogP contribution in [0.15, 0.2) is 59.8 Å². The Hall–Kier alpha value is -1.78. The number of imidazole rings is 1. The molecule has 2 heterocycles. The molecule has 19 heavy (non-hydrogen) atoms. The van der Waals surface area contributed by atoms with Crippen LogP contribution >= 0.6 is 11.8 Å². The second-order valence-corrected chi connectivity index (χ2v) is 5.38. The molecule has 0 atom stereocenters. The molecule has 1 aromatic carbocycles. The van der Waals surface area contributed by atoms with Crippen molar-refractivity contribution in [3.8, 4) is 0 Å². The Balaban J connectivity index is 1.70. The van der Waals surface area contributed by atoms with Crippen molar-refractivity contribution in [1.82, 2.24) is 9.38 Å². The molecule has 0 saturated heterocycles. The van der Waals surface area contributed by atoms with Crippen molar-refractivity contribution in [1.29, 1.82) is 0 Å². The largest absolute Gasteiger partial charge is 0.326 e. The summed E-state index contributed by atoms with van der Waals surface area (Å²) in [6, 6.07) is 14.4. The van der Waals surface area contributed by atoms with E-state index in [1.807, 2.05) is 28.8 Å². The first kappa shape index (κ1) is 12.3. The normalized spacial score (nSPS) is 11.0. The molecule has 0 saturated carbocycles. The second-order valence-electron chi connectivity index (χ2n) is 4.34. The molecule has 3 aromatic rings. The summed E-state index contributed by atoms with van der Waals surface area (Å²) in [6.07, 6.45) is 4.10. The van der Waals surface area contributed by atoms with E-state index in [2.05, 4.69) is 35.4 Å². The quantitative estimate of drug-likeness (QED) is 0.740. The Morgan fingerprint density at radius 2 is 1.95 bits per heavy atom. The minimum atomic E-state index is 0.595. The molecule has 4 heteroatoms. The van der Waals surface area contributed by atoms with E-state index in [0.29, 0.717) is 6.54 Å². The predicted molar refractivity (Wildman–Crippen MR) is 79.1 cm³/mol. The first-order valence-corrected chi connectivity index (χ1v) is 7.18. The van der Waals surface area contributed by atoms with Gasteiger partial charge in [-0.1, -0.05) is 18.2 Å². The minimum Gasteiger partial charge on any atom is -0.326 e. The minimum absolute atomic E-state index is 0.595. The Labute approximate surface area is 116 Å². The third kappa shape index (κ3) is 2.80. The van der Waals surface area contributed by atoms with Crippen molar-refractivity contribution in [3.63, 3.8) is 0 Å². The zero-order valence-corrected chi connectivity index (χ0v) is 11.3. The van der Waals surface area contributed by atoms with Crippen LogP contribution in [-0.2, 0) is 12.3 Å². The smallest absolute Gasteiger partial charge is 0.137 e. The zero-order valence-electron chi connectivity index (χ0n) is 10.5. The summed E-state index contributed by atoms with van der Waals surface area (Å²) in [6.45, 7) is 0.595. The van der Waals surface area contributed by atoms with Crippen molar-refractivity contribution in [3.05, 3.63) is 66.1 Å². The van der Waals surface area contributed by atoms with Crippen LogP contribution in [0.2, 0.25) is 0 Å². The number of pyridine rings is 1. The summed E-state index contributed by atoms with van der Waals surface area (Å²) < 4.78 is 2.05. The number of nitrogens with zero attached hydrogens (tertiary/aromatic N) is 2. The number of fused-ring (bicyclic) bond motifs is 1. The average molecular weight is 269 g/mol. The Bertz CT molecular complexity index is 640. The van der Waals surface area contributed by atoms with E-state index in [1.165, 1.54) is 4.90 Å². The highest BCUT2D eigenvalue weighted by Crippen LogP contribution is 2.22. The summed E-state index contributed by atoms with van der Waals surface area (Å²) >= 11 is 1.79. The van der Waals surface area contributed by atoms with Gasteiger partial charge < -0.3 is 10.1 Å². The molecule has 0 aliphatic carbocycles. The molecular formula is C15H15N3S. The molecule has 0 aliphatic rings. The van der Waals surface area contributed by atoms with E-state index in [9.17, 15) is 0 Å². The van der Waals surface area contributed by atoms with Gasteiger partial charge in [0.05, 0.1) is 5.69 Å². The first-order chi connectivity index (χ1) is 9.35. The molecule has 0 aliphatic heterocycles. The van der Waals surface area contributed by atoms with Gasteiger partial charge in [-0.15, -0.1) is 11.8 Å². The third-order valence-electron chi connectivity index (χ3n) is 2.96. The van der Waals surface area contributed by atoms with Crippen molar-refractivity contribution >= 4 is 17.4 Å². The van der Waals surface area contributed by atoms with Crippen molar-refractivity contribution in [2.24, 2.45) is 5.73 Å². The highest BCUT2D eigenvalue weighted by atomic mass is 32.2. The van der Waals surface area contributed by atoms with Crippen LogP contribution in [0.1, 0.15) is 11.3 Å². The molecule has 0 bridgehead atoms. The molecule has 0 spiro atoms. The average Bonchev–Trinajstić information content (AvgIpc) is 2.88. The number of nitrogens with two attached hydrogens (primary N) is 1. The molecule has 3 rings (SSSR count). The van der Waals surface area contributed by atoms with Gasteiger partial charge in [0.15, 0.2) is 0 Å². The number of rotatable bonds is 4. The molecule has 96 valence electrons. The Morgan fingerprint density at radius 3 is 2.68 bits per heavy atom. The highest BCUT2D eigenvalue weighted by Gasteiger charge is 2.02. The molecule has 0 fully saturated rings. The topological polar surface area (TPSA) is 43.3 Å². The van der Waals surface area contributed by atoms with Gasteiger partial charge in [0.25, 0.3) is 0 Å². The van der Waals surface area contributed by atoms with Crippen LogP contribution in [-0.4, -0.2) is 9.38 Å². The van der Waals surface area contributed by atoms with E-state index in [-0.39, 0.29) is 0 Å². The monoisotopic (exact) mass is 269 g/mol. The Morgan fingerprint density at radius 1 is 1.11 bits per heavy atom. The summed E-state index contributed by atoms with van der Waals surface area (Å²) in [7, 11) is 0. The lowest BCUT2D eigenvalue weighted by Gasteiger charge is -2.01. The standard InChI is InChI=1S/C15H15N3S/c16-9-12-4-6-14(7-5-12)19-11-13-10-18-8-2-1-3-15(18)17-13/h1-8,10H,9,11,16H2. The maximum absolute atomic E-state index is 5.59. The van der Waals surface area contributed by atoms with Gasteiger partial charge in [-0.3, -0.25) is 0 Å². The van der Waals surface area contributed by atoms with Crippen LogP contribution in [0.25, 0.3) is 5.65 Å². The number of hydrogen-bond donors (Lipinski definition) is 1. The van der Waals surface area contributed by atoms with E-state index in [1.54, 1.807) is 11.8 Å². The van der Waals surface area contributed by atoms with E-state index < -0.39 is 0 Å². The summed E-state index contributed by atoms with van der Waals surface area (Å²) in [5, 5.41) is 0. The maximum Gasteiger partial charge on any atom is 0.137 e. The number of aromatic nitrogens is 2. The molecule has 3 nitrogen and oxygen atoms in total. The zero-order chi connectivity index (χ0) is 13.1. The molecule has 2 aromatic heterocycles. The first-order valence-electron chi connectivity index (χ1n) is 6.19. The maximum atomic E-state index is 5.59. The van der Waals surface area contributed by atoms with Crippen LogP contribution < -0.4 is 5.73 Å². The van der Waals surface area contributed by atoms with Crippen LogP contribution in [0.4, 0.5) is 0 Å². The summed E-state index contributed by atoms with van der Waals surface area (Å²) in [4.78, 5) is 5.83. The van der Waals surface area contributed by atoms with Crippen molar-refractivity contribution < 1.29 is 0 Å². The molecule has 0 amide bonds. The van der Waals surface area contributed by atoms with Crippen molar-refractivity contribution in [2.75, 3.05) is 0 Å². The molecule has 0 unspecified atom stereocenters. The van der Waals surface area contributed by atoms with E-state index in [4.69, 9.17) is 5.73 Å². The molecule has 0 radical (unpaired) electrons. The second kappa shape index (κ2) is 5.47. The van der Waals surface area contributed by atoms with Gasteiger partial charge in [0, 0.05) is 29.6 Å². The van der Waals surface area contributed by atoms with E-state index >= 15 is 0 Å². The van der Waals surface area contributed by atoms with Gasteiger partial charge >= 0.3 is 0 Å².